The van der Waals surface area contributed by atoms with Crippen molar-refractivity contribution in [2.45, 2.75) is 31.8 Å². The molecule has 0 bridgehead atoms. The molecular formula is C23H33ClN6O3S. The Kier molecular flexibility index (Phi) is 7.81. The molecule has 1 aromatic carbocycles. The molecule has 1 amide bonds. The summed E-state index contributed by atoms with van der Waals surface area (Å²) in [6.45, 7) is 9.97. The number of carbonyl (C=O) groups is 1. The van der Waals surface area contributed by atoms with Crippen LogP contribution in [0, 0.1) is 0 Å². The van der Waals surface area contributed by atoms with Crippen molar-refractivity contribution in [3.05, 3.63) is 41.0 Å². The lowest BCUT2D eigenvalue weighted by Gasteiger charge is -2.36. The van der Waals surface area contributed by atoms with Gasteiger partial charge >= 0.3 is 0 Å². The number of carbonyl (C=O) groups excluding carboxylic acids is 1. The van der Waals surface area contributed by atoms with Gasteiger partial charge in [-0.3, -0.25) is 9.48 Å². The van der Waals surface area contributed by atoms with Crippen LogP contribution in [0.2, 0.25) is 5.02 Å². The zero-order valence-corrected chi connectivity index (χ0v) is 21.4. The van der Waals surface area contributed by atoms with Crippen molar-refractivity contribution in [2.75, 3.05) is 63.8 Å². The quantitative estimate of drug-likeness (QED) is 0.570. The standard InChI is InChI=1S/C23H33ClN6O3S/c1-3-9-29-18-19(23(31)28-12-10-26(4-2)11-13-28)22(25-29)34(32,33)30-16-14-27(15-17-30)21-8-6-5-7-20(21)24/h5-8,18H,3-4,9-17H2,1-2H3. The molecule has 1 aromatic heterocycles. The summed E-state index contributed by atoms with van der Waals surface area (Å²) in [6, 6.07) is 7.56. The van der Waals surface area contributed by atoms with E-state index in [1.165, 1.54) is 4.31 Å². The Labute approximate surface area is 206 Å². The number of nitrogens with zero attached hydrogens (tertiary/aromatic N) is 6. The van der Waals surface area contributed by atoms with Gasteiger partial charge in [-0.05, 0) is 25.1 Å². The average molecular weight is 509 g/mol. The number of hydrogen-bond acceptors (Lipinski definition) is 6. The molecule has 0 radical (unpaired) electrons. The summed E-state index contributed by atoms with van der Waals surface area (Å²) in [5, 5.41) is 4.90. The van der Waals surface area contributed by atoms with Crippen molar-refractivity contribution in [2.24, 2.45) is 0 Å². The summed E-state index contributed by atoms with van der Waals surface area (Å²) < 4.78 is 30.3. The number of halogens is 1. The Morgan fingerprint density at radius 2 is 1.68 bits per heavy atom. The van der Waals surface area contributed by atoms with E-state index in [4.69, 9.17) is 11.6 Å². The van der Waals surface area contributed by atoms with E-state index < -0.39 is 10.0 Å². The molecular weight excluding hydrogens is 476 g/mol. The van der Waals surface area contributed by atoms with Crippen molar-refractivity contribution >= 4 is 33.2 Å². The predicted molar refractivity (Wildman–Crippen MR) is 133 cm³/mol. The highest BCUT2D eigenvalue weighted by Crippen LogP contribution is 2.28. The van der Waals surface area contributed by atoms with Gasteiger partial charge in [-0.1, -0.05) is 37.6 Å². The highest BCUT2D eigenvalue weighted by Gasteiger charge is 2.36. The lowest BCUT2D eigenvalue weighted by molar-refractivity contribution is 0.0639. The van der Waals surface area contributed by atoms with Crippen LogP contribution in [0.4, 0.5) is 5.69 Å². The van der Waals surface area contributed by atoms with Crippen molar-refractivity contribution in [3.8, 4) is 0 Å². The molecule has 2 aliphatic heterocycles. The van der Waals surface area contributed by atoms with E-state index in [1.54, 1.807) is 15.8 Å². The lowest BCUT2D eigenvalue weighted by Crippen LogP contribution is -2.50. The molecule has 0 saturated carbocycles. The minimum Gasteiger partial charge on any atom is -0.368 e. The molecule has 0 aliphatic carbocycles. The van der Waals surface area contributed by atoms with Crippen LogP contribution in [0.1, 0.15) is 30.6 Å². The minimum atomic E-state index is -3.92. The van der Waals surface area contributed by atoms with Gasteiger partial charge in [0.25, 0.3) is 15.9 Å². The van der Waals surface area contributed by atoms with Crippen LogP contribution in [-0.4, -0.2) is 97.1 Å². The number of sulfonamides is 1. The number of aromatic nitrogens is 2. The fraction of sp³-hybridized carbons (Fsp3) is 0.565. The topological polar surface area (TPSA) is 82.0 Å². The van der Waals surface area contributed by atoms with Crippen molar-refractivity contribution in [3.63, 3.8) is 0 Å². The average Bonchev–Trinajstić information content (AvgIpc) is 3.29. The molecule has 0 spiro atoms. The number of piperazine rings is 2. The maximum absolute atomic E-state index is 13.6. The SMILES string of the molecule is CCCn1cc(C(=O)N2CCN(CC)CC2)c(S(=O)(=O)N2CCN(c3ccccc3Cl)CC2)n1. The number of amides is 1. The molecule has 2 aliphatic rings. The van der Waals surface area contributed by atoms with E-state index in [2.05, 4.69) is 21.8 Å². The number of rotatable bonds is 7. The Morgan fingerprint density at radius 1 is 1.00 bits per heavy atom. The molecule has 2 fully saturated rings. The predicted octanol–water partition coefficient (Wildman–Crippen LogP) is 2.24. The summed E-state index contributed by atoms with van der Waals surface area (Å²) in [5.41, 5.74) is 1.07. The molecule has 0 N–H and O–H groups in total. The van der Waals surface area contributed by atoms with Crippen molar-refractivity contribution in [1.29, 1.82) is 0 Å². The van der Waals surface area contributed by atoms with Gasteiger partial charge in [-0.15, -0.1) is 0 Å². The van der Waals surface area contributed by atoms with Gasteiger partial charge in [0.15, 0.2) is 0 Å². The molecule has 9 nitrogen and oxygen atoms in total. The molecule has 2 saturated heterocycles. The largest absolute Gasteiger partial charge is 0.368 e. The normalized spacial score (nSPS) is 18.4. The highest BCUT2D eigenvalue weighted by atomic mass is 35.5. The molecule has 34 heavy (non-hydrogen) atoms. The van der Waals surface area contributed by atoms with Gasteiger partial charge in [0, 0.05) is 65.1 Å². The number of hydrogen-bond donors (Lipinski definition) is 0. The zero-order chi connectivity index (χ0) is 24.3. The number of likely N-dealkylation sites (N-methyl/N-ethyl adjacent to an activating group) is 1. The fourth-order valence-corrected chi connectivity index (χ4v) is 6.29. The third kappa shape index (κ3) is 5.10. The molecule has 2 aromatic rings. The first-order valence-electron chi connectivity index (χ1n) is 11.9. The molecule has 4 rings (SSSR count). The van der Waals surface area contributed by atoms with E-state index >= 15 is 0 Å². The van der Waals surface area contributed by atoms with Crippen LogP contribution in [0.5, 0.6) is 0 Å². The summed E-state index contributed by atoms with van der Waals surface area (Å²) >= 11 is 6.33. The van der Waals surface area contributed by atoms with Crippen LogP contribution in [0.3, 0.4) is 0 Å². The second-order valence-corrected chi connectivity index (χ2v) is 10.9. The Bertz CT molecular complexity index is 1110. The first-order chi connectivity index (χ1) is 16.3. The maximum Gasteiger partial charge on any atom is 0.263 e. The molecule has 186 valence electrons. The van der Waals surface area contributed by atoms with E-state index in [0.717, 1.165) is 31.7 Å². The van der Waals surface area contributed by atoms with E-state index in [9.17, 15) is 13.2 Å². The van der Waals surface area contributed by atoms with Gasteiger partial charge in [0.2, 0.25) is 5.03 Å². The summed E-state index contributed by atoms with van der Waals surface area (Å²) in [4.78, 5) is 19.5. The van der Waals surface area contributed by atoms with Gasteiger partial charge in [0.05, 0.1) is 16.3 Å². The van der Waals surface area contributed by atoms with Crippen molar-refractivity contribution < 1.29 is 13.2 Å². The smallest absolute Gasteiger partial charge is 0.263 e. The van der Waals surface area contributed by atoms with Gasteiger partial charge < -0.3 is 14.7 Å². The minimum absolute atomic E-state index is 0.130. The monoisotopic (exact) mass is 508 g/mol. The Balaban J connectivity index is 1.54. The van der Waals surface area contributed by atoms with Crippen LogP contribution in [0.25, 0.3) is 0 Å². The number of aryl methyl sites for hydroxylation is 1. The number of anilines is 1. The Hall–Kier alpha value is -2.14. The molecule has 3 heterocycles. The molecule has 0 unspecified atom stereocenters. The summed E-state index contributed by atoms with van der Waals surface area (Å²) in [5.74, 6) is -0.258. The molecule has 11 heteroatoms. The second kappa shape index (κ2) is 10.6. The van der Waals surface area contributed by atoms with Gasteiger partial charge in [-0.25, -0.2) is 8.42 Å². The van der Waals surface area contributed by atoms with E-state index in [-0.39, 0.29) is 16.5 Å². The fourth-order valence-electron chi connectivity index (χ4n) is 4.52. The Morgan fingerprint density at radius 3 is 2.29 bits per heavy atom. The summed E-state index contributed by atoms with van der Waals surface area (Å²) in [6.07, 6.45) is 2.39. The zero-order valence-electron chi connectivity index (χ0n) is 19.9. The van der Waals surface area contributed by atoms with Crippen LogP contribution in [-0.2, 0) is 16.6 Å². The van der Waals surface area contributed by atoms with Crippen molar-refractivity contribution in [1.82, 2.24) is 23.9 Å². The van der Waals surface area contributed by atoms with Crippen LogP contribution in [0.15, 0.2) is 35.5 Å². The third-order valence-electron chi connectivity index (χ3n) is 6.53. The van der Waals surface area contributed by atoms with E-state index in [1.807, 2.05) is 31.2 Å². The highest BCUT2D eigenvalue weighted by molar-refractivity contribution is 7.89. The molecule has 0 atom stereocenters. The summed E-state index contributed by atoms with van der Waals surface area (Å²) in [7, 11) is -3.92. The van der Waals surface area contributed by atoms with Gasteiger partial charge in [0.1, 0.15) is 0 Å². The number of para-hydroxylation sites is 1. The van der Waals surface area contributed by atoms with Crippen LogP contribution < -0.4 is 4.90 Å². The second-order valence-electron chi connectivity index (χ2n) is 8.68. The lowest BCUT2D eigenvalue weighted by atomic mass is 10.2. The number of benzene rings is 1. The van der Waals surface area contributed by atoms with E-state index in [0.29, 0.717) is 50.8 Å². The first kappa shape index (κ1) is 25.0. The van der Waals surface area contributed by atoms with Gasteiger partial charge in [-0.2, -0.15) is 9.40 Å². The first-order valence-corrected chi connectivity index (χ1v) is 13.8. The maximum atomic E-state index is 13.6. The third-order valence-corrected chi connectivity index (χ3v) is 8.69. The van der Waals surface area contributed by atoms with Crippen LogP contribution >= 0.6 is 11.6 Å².